The largest absolute Gasteiger partial charge is 0.354 e. The summed E-state index contributed by atoms with van der Waals surface area (Å²) in [4.78, 5) is 11.7. The Morgan fingerprint density at radius 2 is 1.30 bits per heavy atom. The van der Waals surface area contributed by atoms with Crippen LogP contribution in [0.25, 0.3) is 0 Å². The van der Waals surface area contributed by atoms with Crippen molar-refractivity contribution in [2.75, 3.05) is 0 Å². The molecule has 0 rings (SSSR count). The standard InChI is InChI=1S/C18H37NO/c1-4-6-8-9-10-11-12-14-16-18(20)19-17(3)15-13-7-5-2/h17H,4-16H2,1-3H3,(H,19,20). The maximum absolute atomic E-state index is 11.7. The van der Waals surface area contributed by atoms with E-state index in [9.17, 15) is 4.79 Å². The first-order valence-corrected chi connectivity index (χ1v) is 9.00. The Labute approximate surface area is 127 Å². The number of rotatable bonds is 14. The zero-order valence-corrected chi connectivity index (χ0v) is 14.2. The summed E-state index contributed by atoms with van der Waals surface area (Å²) in [7, 11) is 0. The van der Waals surface area contributed by atoms with Crippen LogP contribution in [0.4, 0.5) is 0 Å². The molecule has 0 aliphatic carbocycles. The average molecular weight is 284 g/mol. The lowest BCUT2D eigenvalue weighted by Crippen LogP contribution is -2.32. The maximum atomic E-state index is 11.7. The molecule has 0 fully saturated rings. The SMILES string of the molecule is CCCCCCCCCCC(=O)NC(C)CCCCC. The molecule has 1 amide bonds. The molecule has 0 aromatic carbocycles. The summed E-state index contributed by atoms with van der Waals surface area (Å²) in [5.41, 5.74) is 0. The van der Waals surface area contributed by atoms with Gasteiger partial charge in [0.15, 0.2) is 0 Å². The Balaban J connectivity index is 3.31. The van der Waals surface area contributed by atoms with E-state index in [1.165, 1.54) is 64.2 Å². The van der Waals surface area contributed by atoms with Crippen LogP contribution < -0.4 is 5.32 Å². The molecule has 2 nitrogen and oxygen atoms in total. The van der Waals surface area contributed by atoms with Crippen LogP contribution in [0.2, 0.25) is 0 Å². The van der Waals surface area contributed by atoms with Crippen LogP contribution in [0.15, 0.2) is 0 Å². The highest BCUT2D eigenvalue weighted by Gasteiger charge is 2.06. The predicted octanol–water partition coefficient (Wildman–Crippen LogP) is 5.60. The molecule has 0 bridgehead atoms. The fraction of sp³-hybridized carbons (Fsp3) is 0.944. The van der Waals surface area contributed by atoms with E-state index in [1.54, 1.807) is 0 Å². The third-order valence-electron chi connectivity index (χ3n) is 3.91. The van der Waals surface area contributed by atoms with Gasteiger partial charge in [-0.3, -0.25) is 4.79 Å². The van der Waals surface area contributed by atoms with Crippen LogP contribution in [0.1, 0.15) is 104 Å². The molecule has 0 radical (unpaired) electrons. The summed E-state index contributed by atoms with van der Waals surface area (Å²) in [6, 6.07) is 0.350. The third kappa shape index (κ3) is 13.9. The molecule has 0 aromatic heterocycles. The second-order valence-corrected chi connectivity index (χ2v) is 6.19. The van der Waals surface area contributed by atoms with E-state index in [1.807, 2.05) is 0 Å². The van der Waals surface area contributed by atoms with E-state index in [0.717, 1.165) is 12.8 Å². The van der Waals surface area contributed by atoms with E-state index in [0.29, 0.717) is 12.5 Å². The molecule has 0 aliphatic rings. The minimum absolute atomic E-state index is 0.250. The van der Waals surface area contributed by atoms with Crippen LogP contribution in [0, 0.1) is 0 Å². The maximum Gasteiger partial charge on any atom is 0.220 e. The molecular formula is C18H37NO. The third-order valence-corrected chi connectivity index (χ3v) is 3.91. The summed E-state index contributed by atoms with van der Waals surface area (Å²) in [6.45, 7) is 6.59. The van der Waals surface area contributed by atoms with Crippen LogP contribution in [-0.4, -0.2) is 11.9 Å². The second-order valence-electron chi connectivity index (χ2n) is 6.19. The van der Waals surface area contributed by atoms with Gasteiger partial charge >= 0.3 is 0 Å². The van der Waals surface area contributed by atoms with Gasteiger partial charge < -0.3 is 5.32 Å². The van der Waals surface area contributed by atoms with Crippen molar-refractivity contribution in [1.82, 2.24) is 5.32 Å². The highest BCUT2D eigenvalue weighted by Crippen LogP contribution is 2.10. The lowest BCUT2D eigenvalue weighted by Gasteiger charge is -2.13. The Morgan fingerprint density at radius 1 is 0.800 bits per heavy atom. The summed E-state index contributed by atoms with van der Waals surface area (Å²) >= 11 is 0. The molecule has 0 aromatic rings. The van der Waals surface area contributed by atoms with Gasteiger partial charge in [-0.2, -0.15) is 0 Å². The van der Waals surface area contributed by atoms with Crippen molar-refractivity contribution in [3.8, 4) is 0 Å². The number of hydrogen-bond donors (Lipinski definition) is 1. The van der Waals surface area contributed by atoms with Gasteiger partial charge in [-0.25, -0.2) is 0 Å². The molecule has 0 heterocycles. The monoisotopic (exact) mass is 283 g/mol. The zero-order valence-electron chi connectivity index (χ0n) is 14.2. The minimum atomic E-state index is 0.250. The number of hydrogen-bond acceptors (Lipinski definition) is 1. The van der Waals surface area contributed by atoms with Gasteiger partial charge in [-0.05, 0) is 19.8 Å². The first-order valence-electron chi connectivity index (χ1n) is 9.00. The quantitative estimate of drug-likeness (QED) is 0.413. The van der Waals surface area contributed by atoms with E-state index < -0.39 is 0 Å². The van der Waals surface area contributed by atoms with E-state index >= 15 is 0 Å². The second kappa shape index (κ2) is 14.9. The van der Waals surface area contributed by atoms with Crippen molar-refractivity contribution in [1.29, 1.82) is 0 Å². The fourth-order valence-electron chi connectivity index (χ4n) is 2.54. The van der Waals surface area contributed by atoms with Gasteiger partial charge in [-0.15, -0.1) is 0 Å². The Morgan fingerprint density at radius 3 is 1.90 bits per heavy atom. The van der Waals surface area contributed by atoms with Gasteiger partial charge in [0.25, 0.3) is 0 Å². The lowest BCUT2D eigenvalue weighted by molar-refractivity contribution is -0.121. The first kappa shape index (κ1) is 19.5. The molecule has 0 aliphatic heterocycles. The normalized spacial score (nSPS) is 12.3. The van der Waals surface area contributed by atoms with Crippen molar-refractivity contribution in [3.63, 3.8) is 0 Å². The highest BCUT2D eigenvalue weighted by molar-refractivity contribution is 5.76. The van der Waals surface area contributed by atoms with Crippen molar-refractivity contribution < 1.29 is 4.79 Å². The zero-order chi connectivity index (χ0) is 15.1. The van der Waals surface area contributed by atoms with E-state index in [4.69, 9.17) is 0 Å². The number of nitrogens with one attached hydrogen (secondary N) is 1. The molecule has 0 spiro atoms. The predicted molar refractivity (Wildman–Crippen MR) is 89.0 cm³/mol. The molecule has 1 atom stereocenters. The molecule has 2 heteroatoms. The Bertz CT molecular complexity index is 215. The number of amides is 1. The lowest BCUT2D eigenvalue weighted by atomic mass is 10.1. The molecule has 1 N–H and O–H groups in total. The first-order chi connectivity index (χ1) is 9.70. The van der Waals surface area contributed by atoms with Gasteiger partial charge in [-0.1, -0.05) is 78.1 Å². The van der Waals surface area contributed by atoms with Gasteiger partial charge in [0, 0.05) is 12.5 Å². The van der Waals surface area contributed by atoms with Crippen LogP contribution in [-0.2, 0) is 4.79 Å². The highest BCUT2D eigenvalue weighted by atomic mass is 16.1. The number of unbranched alkanes of at least 4 members (excludes halogenated alkanes) is 9. The van der Waals surface area contributed by atoms with Crippen molar-refractivity contribution in [3.05, 3.63) is 0 Å². The van der Waals surface area contributed by atoms with Crippen LogP contribution in [0.3, 0.4) is 0 Å². The molecular weight excluding hydrogens is 246 g/mol. The fourth-order valence-corrected chi connectivity index (χ4v) is 2.54. The van der Waals surface area contributed by atoms with Gasteiger partial charge in [0.2, 0.25) is 5.91 Å². The van der Waals surface area contributed by atoms with Crippen molar-refractivity contribution >= 4 is 5.91 Å². The smallest absolute Gasteiger partial charge is 0.220 e. The summed E-state index contributed by atoms with van der Waals surface area (Å²) in [5.74, 6) is 0.250. The van der Waals surface area contributed by atoms with Crippen LogP contribution in [0.5, 0.6) is 0 Å². The average Bonchev–Trinajstić information content (AvgIpc) is 2.42. The molecule has 0 saturated carbocycles. The minimum Gasteiger partial charge on any atom is -0.354 e. The summed E-state index contributed by atoms with van der Waals surface area (Å²) in [6.07, 6.45) is 15.9. The van der Waals surface area contributed by atoms with Crippen LogP contribution >= 0.6 is 0 Å². The topological polar surface area (TPSA) is 29.1 Å². The Hall–Kier alpha value is -0.530. The van der Waals surface area contributed by atoms with E-state index in [2.05, 4.69) is 26.1 Å². The molecule has 0 saturated heterocycles. The van der Waals surface area contributed by atoms with E-state index in [-0.39, 0.29) is 5.91 Å². The summed E-state index contributed by atoms with van der Waals surface area (Å²) in [5, 5.41) is 3.12. The molecule has 20 heavy (non-hydrogen) atoms. The summed E-state index contributed by atoms with van der Waals surface area (Å²) < 4.78 is 0. The Kier molecular flexibility index (Phi) is 14.5. The molecule has 1 unspecified atom stereocenters. The van der Waals surface area contributed by atoms with Gasteiger partial charge in [0.1, 0.15) is 0 Å². The molecule has 120 valence electrons. The number of carbonyl (C=O) groups is 1. The van der Waals surface area contributed by atoms with Crippen molar-refractivity contribution in [2.24, 2.45) is 0 Å². The van der Waals surface area contributed by atoms with Gasteiger partial charge in [0.05, 0.1) is 0 Å². The number of carbonyl (C=O) groups excluding carboxylic acids is 1. The van der Waals surface area contributed by atoms with Crippen molar-refractivity contribution in [2.45, 2.75) is 110 Å².